The first-order valence-electron chi connectivity index (χ1n) is 3.97. The predicted octanol–water partition coefficient (Wildman–Crippen LogP) is 3.34. The molecular formula is C11H13Yb. The topological polar surface area (TPSA) is 0 Å². The molecule has 12 heavy (non-hydrogen) atoms. The molecule has 0 aromatic carbocycles. The molecular weight excluding hydrogens is 305 g/mol. The molecule has 0 unspecified atom stereocenters. The van der Waals surface area contributed by atoms with E-state index >= 15 is 0 Å². The maximum atomic E-state index is 2.42. The fourth-order valence-electron chi connectivity index (χ4n) is 1.20. The first kappa shape index (κ1) is 9.05. The van der Waals surface area contributed by atoms with Crippen molar-refractivity contribution in [2.45, 2.75) is 14.5 Å². The van der Waals surface area contributed by atoms with Crippen molar-refractivity contribution >= 4 is 0 Å². The third-order valence-corrected chi connectivity index (χ3v) is 6.46. The van der Waals surface area contributed by atoms with Gasteiger partial charge in [-0.15, -0.1) is 0 Å². The van der Waals surface area contributed by atoms with Crippen LogP contribution >= 0.6 is 0 Å². The third-order valence-electron chi connectivity index (χ3n) is 1.88. The van der Waals surface area contributed by atoms with E-state index in [4.69, 9.17) is 0 Å². The number of hydrogen-bond donors (Lipinski definition) is 0. The van der Waals surface area contributed by atoms with Gasteiger partial charge in [0.1, 0.15) is 0 Å². The molecule has 0 heterocycles. The molecule has 0 atom stereocenters. The Morgan fingerprint density at radius 3 is 1.83 bits per heavy atom. The number of rotatable bonds is 2. The molecule has 0 nitrogen and oxygen atoms in total. The van der Waals surface area contributed by atoms with Gasteiger partial charge < -0.3 is 0 Å². The van der Waals surface area contributed by atoms with E-state index in [1.807, 2.05) is 0 Å². The summed E-state index contributed by atoms with van der Waals surface area (Å²) in [5.41, 5.74) is 0. The molecule has 0 bridgehead atoms. The summed E-state index contributed by atoms with van der Waals surface area (Å²) in [5, 5.41) is 0. The van der Waals surface area contributed by atoms with E-state index in [0.717, 1.165) is 0 Å². The van der Waals surface area contributed by atoms with E-state index in [2.05, 4.69) is 38.1 Å². The summed E-state index contributed by atoms with van der Waals surface area (Å²) in [5.74, 6) is 0. The van der Waals surface area contributed by atoms with E-state index in [-0.39, 0.29) is 0 Å². The summed E-state index contributed by atoms with van der Waals surface area (Å²) in [7, 11) is 0. The normalized spacial score (nSPS) is 21.2. The van der Waals surface area contributed by atoms with Gasteiger partial charge in [0.05, 0.1) is 0 Å². The molecule has 0 fully saturated rings. The minimum atomic E-state index is -0.529. The summed E-state index contributed by atoms with van der Waals surface area (Å²) < 4.78 is 5.78. The molecule has 0 radical (unpaired) electrons. The van der Waals surface area contributed by atoms with Crippen molar-refractivity contribution in [2.24, 2.45) is 0 Å². The Balaban J connectivity index is 2.05. The van der Waals surface area contributed by atoms with Crippen molar-refractivity contribution in [1.29, 1.82) is 0 Å². The second-order valence-corrected chi connectivity index (χ2v) is 7.03. The Bertz CT molecular complexity index is 262. The Morgan fingerprint density at radius 2 is 1.50 bits per heavy atom. The Labute approximate surface area is 90.3 Å². The van der Waals surface area contributed by atoms with Crippen LogP contribution in [0.4, 0.5) is 0 Å². The van der Waals surface area contributed by atoms with Crippen LogP contribution in [0.25, 0.3) is 0 Å². The van der Waals surface area contributed by atoms with E-state index in [0.29, 0.717) is 0 Å². The second-order valence-electron chi connectivity index (χ2n) is 2.68. The zero-order chi connectivity index (χ0) is 8.39. The van der Waals surface area contributed by atoms with Crippen LogP contribution in [0.3, 0.4) is 0 Å². The van der Waals surface area contributed by atoms with Gasteiger partial charge in [-0.05, 0) is 0 Å². The van der Waals surface area contributed by atoms with Crippen LogP contribution in [0.2, 0.25) is 1.68 Å². The number of allylic oxidation sites excluding steroid dienone is 8. The standard InChI is InChI=1S/2C5H5.CH3.Yb/c2*1-2-4-5-3-1;;/h2*1-3H,4H2;1H3;. The van der Waals surface area contributed by atoms with E-state index in [9.17, 15) is 0 Å². The van der Waals surface area contributed by atoms with Crippen molar-refractivity contribution < 1.29 is 40.1 Å². The molecule has 0 aromatic heterocycles. The van der Waals surface area contributed by atoms with Crippen LogP contribution in [-0.2, 0) is 0 Å². The van der Waals surface area contributed by atoms with Gasteiger partial charge in [0, 0.05) is 0 Å². The monoisotopic (exact) mass is 319 g/mol. The molecule has 0 saturated heterocycles. The van der Waals surface area contributed by atoms with Crippen molar-refractivity contribution in [2.75, 3.05) is 0 Å². The summed E-state index contributed by atoms with van der Waals surface area (Å²) in [4.78, 5) is 0. The van der Waals surface area contributed by atoms with Crippen LogP contribution in [0.1, 0.15) is 12.8 Å². The fourth-order valence-corrected chi connectivity index (χ4v) is 4.55. The van der Waals surface area contributed by atoms with Gasteiger partial charge in [0.2, 0.25) is 0 Å². The zero-order valence-electron chi connectivity index (χ0n) is 7.15. The van der Waals surface area contributed by atoms with Crippen LogP contribution in [0, 0.1) is 40.1 Å². The Hall–Kier alpha value is 0.479. The zero-order valence-corrected chi connectivity index (χ0v) is 8.86. The molecule has 2 aliphatic rings. The van der Waals surface area contributed by atoms with Gasteiger partial charge in [0.25, 0.3) is 0 Å². The molecule has 0 aliphatic heterocycles. The molecule has 0 saturated carbocycles. The Morgan fingerprint density at radius 1 is 1.00 bits per heavy atom. The van der Waals surface area contributed by atoms with Crippen LogP contribution < -0.4 is 0 Å². The maximum absolute atomic E-state index is 2.42. The molecule has 2 rings (SSSR count). The van der Waals surface area contributed by atoms with E-state index in [1.165, 1.54) is 12.8 Å². The molecule has 0 aromatic rings. The van der Waals surface area contributed by atoms with Gasteiger partial charge in [-0.1, -0.05) is 0 Å². The average molecular weight is 318 g/mol. The summed E-state index contributed by atoms with van der Waals surface area (Å²) in [6, 6.07) is 0. The summed E-state index contributed by atoms with van der Waals surface area (Å²) >= 11 is -0.529. The van der Waals surface area contributed by atoms with Crippen LogP contribution in [0.5, 0.6) is 0 Å². The molecule has 2 aliphatic carbocycles. The Kier molecular flexibility index (Phi) is 3.11. The molecule has 0 spiro atoms. The van der Waals surface area contributed by atoms with Gasteiger partial charge in [0.15, 0.2) is 0 Å². The van der Waals surface area contributed by atoms with Gasteiger partial charge in [-0.3, -0.25) is 0 Å². The van der Waals surface area contributed by atoms with Crippen molar-refractivity contribution in [3.05, 3.63) is 37.1 Å². The summed E-state index contributed by atoms with van der Waals surface area (Å²) in [6.45, 7) is 0. The van der Waals surface area contributed by atoms with E-state index in [1.54, 1.807) is 0.663 Å². The summed E-state index contributed by atoms with van der Waals surface area (Å²) in [6.07, 6.45) is 15.9. The average Bonchev–Trinajstić information content (AvgIpc) is 2.77. The molecule has 0 N–H and O–H groups in total. The minimum absolute atomic E-state index is 0.529. The molecule has 71 valence electrons. The SMILES string of the molecule is [CH3][Yb]([C]1=CC=CC1)[C]1=CC=CC1. The van der Waals surface area contributed by atoms with Crippen molar-refractivity contribution in [1.82, 2.24) is 0 Å². The number of hydrogen-bond acceptors (Lipinski definition) is 0. The first-order chi connectivity index (χ1) is 5.88. The molecule has 1 heteroatoms. The molecule has 0 amide bonds. The van der Waals surface area contributed by atoms with Crippen LogP contribution in [-0.4, -0.2) is 0 Å². The van der Waals surface area contributed by atoms with Gasteiger partial charge in [-0.2, -0.15) is 0 Å². The second kappa shape index (κ2) is 4.13. The van der Waals surface area contributed by atoms with Crippen molar-refractivity contribution in [3.8, 4) is 0 Å². The van der Waals surface area contributed by atoms with Gasteiger partial charge in [-0.25, -0.2) is 0 Å². The third kappa shape index (κ3) is 1.86. The first-order valence-corrected chi connectivity index (χ1v) is 7.40. The predicted molar refractivity (Wildman–Crippen MR) is 49.5 cm³/mol. The quantitative estimate of drug-likeness (QED) is 0.732. The fraction of sp³-hybridized carbons (Fsp3) is 0.273. The van der Waals surface area contributed by atoms with Crippen molar-refractivity contribution in [3.63, 3.8) is 0 Å². The van der Waals surface area contributed by atoms with E-state index < -0.39 is 40.1 Å². The van der Waals surface area contributed by atoms with Gasteiger partial charge >= 0.3 is 91.7 Å². The van der Waals surface area contributed by atoms with Crippen LogP contribution in [0.15, 0.2) is 37.1 Å².